The summed E-state index contributed by atoms with van der Waals surface area (Å²) >= 11 is 0. The van der Waals surface area contributed by atoms with Gasteiger partial charge in [-0.2, -0.15) is 5.10 Å². The minimum absolute atomic E-state index is 0.00858. The second kappa shape index (κ2) is 8.80. The number of nitrogens with one attached hydrogen (secondary N) is 2. The zero-order valence-electron chi connectivity index (χ0n) is 15.0. The van der Waals surface area contributed by atoms with Crippen LogP contribution in [0.2, 0.25) is 0 Å². The van der Waals surface area contributed by atoms with Crippen molar-refractivity contribution in [3.63, 3.8) is 0 Å². The van der Waals surface area contributed by atoms with Crippen LogP contribution in [0.3, 0.4) is 0 Å². The van der Waals surface area contributed by atoms with Crippen LogP contribution in [0.5, 0.6) is 0 Å². The van der Waals surface area contributed by atoms with Crippen molar-refractivity contribution < 1.29 is 19.1 Å². The Morgan fingerprint density at radius 3 is 2.38 bits per heavy atom. The number of amides is 2. The molecule has 1 aromatic heterocycles. The Kier molecular flexibility index (Phi) is 6.48. The van der Waals surface area contributed by atoms with Crippen molar-refractivity contribution in [2.45, 2.75) is 26.8 Å². The first-order valence-corrected chi connectivity index (χ1v) is 8.21. The molecule has 0 aliphatic carbocycles. The van der Waals surface area contributed by atoms with E-state index >= 15 is 0 Å². The zero-order chi connectivity index (χ0) is 19.1. The zero-order valence-corrected chi connectivity index (χ0v) is 15.0. The van der Waals surface area contributed by atoms with Crippen LogP contribution in [0, 0.1) is 6.92 Å². The molecule has 0 unspecified atom stereocenters. The highest BCUT2D eigenvalue weighted by atomic mass is 16.5. The van der Waals surface area contributed by atoms with Gasteiger partial charge in [0.1, 0.15) is 0 Å². The maximum atomic E-state index is 12.0. The molecule has 0 radical (unpaired) electrons. The van der Waals surface area contributed by atoms with E-state index in [1.54, 1.807) is 35.1 Å². The quantitative estimate of drug-likeness (QED) is 0.718. The van der Waals surface area contributed by atoms with Gasteiger partial charge in [0.2, 0.25) is 5.91 Å². The molecule has 2 N–H and O–H groups in total. The number of hydrogen-bond donors (Lipinski definition) is 2. The van der Waals surface area contributed by atoms with E-state index in [9.17, 15) is 14.4 Å². The summed E-state index contributed by atoms with van der Waals surface area (Å²) in [6.45, 7) is 4.95. The fourth-order valence-corrected chi connectivity index (χ4v) is 2.20. The lowest BCUT2D eigenvalue weighted by Crippen LogP contribution is -2.41. The molecule has 2 aromatic rings. The molecule has 1 heterocycles. The second-order valence-corrected chi connectivity index (χ2v) is 6.01. The predicted octanol–water partition coefficient (Wildman–Crippen LogP) is 0.978. The fraction of sp³-hybridized carbons (Fsp3) is 0.333. The number of hydrogen-bond acceptors (Lipinski definition) is 5. The van der Waals surface area contributed by atoms with Crippen molar-refractivity contribution in [1.82, 2.24) is 20.4 Å². The van der Waals surface area contributed by atoms with Crippen LogP contribution in [-0.4, -0.2) is 46.8 Å². The van der Waals surface area contributed by atoms with Crippen LogP contribution in [-0.2, 0) is 14.3 Å². The Hall–Kier alpha value is -3.16. The molecule has 0 saturated carbocycles. The topological polar surface area (TPSA) is 102 Å². The first kappa shape index (κ1) is 19.2. The van der Waals surface area contributed by atoms with Gasteiger partial charge in [-0.05, 0) is 51.1 Å². The van der Waals surface area contributed by atoms with Crippen molar-refractivity contribution in [3.8, 4) is 5.69 Å². The molecule has 0 aliphatic rings. The van der Waals surface area contributed by atoms with Crippen molar-refractivity contribution in [2.24, 2.45) is 0 Å². The monoisotopic (exact) mass is 358 g/mol. The maximum absolute atomic E-state index is 12.0. The number of carbonyl (C=O) groups is 3. The summed E-state index contributed by atoms with van der Waals surface area (Å²) in [5.74, 6) is -1.46. The van der Waals surface area contributed by atoms with Crippen LogP contribution in [0.25, 0.3) is 5.69 Å². The molecule has 8 nitrogen and oxygen atoms in total. The number of esters is 1. The number of rotatable bonds is 7. The molecule has 138 valence electrons. The average Bonchev–Trinajstić information content (AvgIpc) is 3.03. The summed E-state index contributed by atoms with van der Waals surface area (Å²) in [5.41, 5.74) is 2.11. The number of benzene rings is 1. The molecule has 0 fully saturated rings. The minimum atomic E-state index is -0.615. The third-order valence-electron chi connectivity index (χ3n) is 3.41. The van der Waals surface area contributed by atoms with Gasteiger partial charge in [0.15, 0.2) is 6.61 Å². The van der Waals surface area contributed by atoms with Crippen LogP contribution in [0.1, 0.15) is 29.9 Å². The lowest BCUT2D eigenvalue weighted by molar-refractivity contribution is -0.128. The molecule has 8 heteroatoms. The highest BCUT2D eigenvalue weighted by molar-refractivity contribution is 5.92. The third kappa shape index (κ3) is 5.44. The molecule has 0 bridgehead atoms. The normalized spacial score (nSPS) is 10.5. The highest BCUT2D eigenvalue weighted by Crippen LogP contribution is 2.12. The number of aryl methyl sites for hydroxylation is 1. The molecule has 26 heavy (non-hydrogen) atoms. The molecular weight excluding hydrogens is 336 g/mol. The van der Waals surface area contributed by atoms with Crippen LogP contribution < -0.4 is 10.6 Å². The standard InChI is InChI=1S/C18H22N4O4/c1-12(2)21-16(23)10-19-17(24)11-26-18(25)14-4-6-15(7-5-14)22-13(3)8-9-20-22/h4-9,12H,10-11H2,1-3H3,(H,19,24)(H,21,23). The van der Waals surface area contributed by atoms with Crippen molar-refractivity contribution in [2.75, 3.05) is 13.2 Å². The Morgan fingerprint density at radius 1 is 1.12 bits per heavy atom. The molecule has 1 aromatic carbocycles. The van der Waals surface area contributed by atoms with Gasteiger partial charge in [0, 0.05) is 17.9 Å². The van der Waals surface area contributed by atoms with Gasteiger partial charge >= 0.3 is 5.97 Å². The second-order valence-electron chi connectivity index (χ2n) is 6.01. The summed E-state index contributed by atoms with van der Waals surface area (Å²) < 4.78 is 6.69. The van der Waals surface area contributed by atoms with Gasteiger partial charge in [-0.3, -0.25) is 9.59 Å². The molecule has 0 atom stereocenters. The van der Waals surface area contributed by atoms with Crippen LogP contribution in [0.4, 0.5) is 0 Å². The van der Waals surface area contributed by atoms with Gasteiger partial charge in [0.25, 0.3) is 5.91 Å². The van der Waals surface area contributed by atoms with E-state index in [-0.39, 0.29) is 18.5 Å². The van der Waals surface area contributed by atoms with Crippen LogP contribution >= 0.6 is 0 Å². The van der Waals surface area contributed by atoms with Gasteiger partial charge in [-0.15, -0.1) is 0 Å². The molecule has 2 amide bonds. The summed E-state index contributed by atoms with van der Waals surface area (Å²) in [6, 6.07) is 8.56. The number of nitrogens with zero attached hydrogens (tertiary/aromatic N) is 2. The minimum Gasteiger partial charge on any atom is -0.452 e. The van der Waals surface area contributed by atoms with E-state index in [0.717, 1.165) is 11.4 Å². The van der Waals surface area contributed by atoms with Crippen molar-refractivity contribution in [1.29, 1.82) is 0 Å². The van der Waals surface area contributed by atoms with E-state index in [2.05, 4.69) is 15.7 Å². The van der Waals surface area contributed by atoms with Crippen LogP contribution in [0.15, 0.2) is 36.5 Å². The smallest absolute Gasteiger partial charge is 0.338 e. The van der Waals surface area contributed by atoms with Gasteiger partial charge in [0.05, 0.1) is 17.8 Å². The van der Waals surface area contributed by atoms with Gasteiger partial charge < -0.3 is 15.4 Å². The van der Waals surface area contributed by atoms with E-state index in [4.69, 9.17) is 4.74 Å². The highest BCUT2D eigenvalue weighted by Gasteiger charge is 2.12. The SMILES string of the molecule is Cc1ccnn1-c1ccc(C(=O)OCC(=O)NCC(=O)NC(C)C)cc1. The summed E-state index contributed by atoms with van der Waals surface area (Å²) in [5, 5.41) is 9.22. The fourth-order valence-electron chi connectivity index (χ4n) is 2.20. The Morgan fingerprint density at radius 2 is 1.81 bits per heavy atom. The van der Waals surface area contributed by atoms with E-state index in [1.807, 2.05) is 26.8 Å². The van der Waals surface area contributed by atoms with Gasteiger partial charge in [-0.25, -0.2) is 9.48 Å². The average molecular weight is 358 g/mol. The summed E-state index contributed by atoms with van der Waals surface area (Å²) in [7, 11) is 0. The Labute approximate surface area is 151 Å². The lowest BCUT2D eigenvalue weighted by Gasteiger charge is -2.10. The van der Waals surface area contributed by atoms with Gasteiger partial charge in [-0.1, -0.05) is 0 Å². The third-order valence-corrected chi connectivity index (χ3v) is 3.41. The lowest BCUT2D eigenvalue weighted by atomic mass is 10.2. The molecule has 0 aliphatic heterocycles. The first-order valence-electron chi connectivity index (χ1n) is 8.21. The van der Waals surface area contributed by atoms with Crippen molar-refractivity contribution in [3.05, 3.63) is 47.8 Å². The first-order chi connectivity index (χ1) is 12.4. The summed E-state index contributed by atoms with van der Waals surface area (Å²) in [6.07, 6.45) is 1.69. The molecular formula is C18H22N4O4. The maximum Gasteiger partial charge on any atom is 0.338 e. The summed E-state index contributed by atoms with van der Waals surface area (Å²) in [4.78, 5) is 35.1. The Balaban J connectivity index is 1.81. The van der Waals surface area contributed by atoms with E-state index in [0.29, 0.717) is 5.56 Å². The number of carbonyl (C=O) groups excluding carboxylic acids is 3. The van der Waals surface area contributed by atoms with E-state index < -0.39 is 18.5 Å². The molecule has 0 spiro atoms. The number of aromatic nitrogens is 2. The molecule has 0 saturated heterocycles. The largest absolute Gasteiger partial charge is 0.452 e. The predicted molar refractivity (Wildman–Crippen MR) is 94.9 cm³/mol. The molecule has 2 rings (SSSR count). The van der Waals surface area contributed by atoms with E-state index in [1.165, 1.54) is 0 Å². The number of ether oxygens (including phenoxy) is 1. The van der Waals surface area contributed by atoms with Crippen molar-refractivity contribution >= 4 is 17.8 Å². The Bertz CT molecular complexity index is 781.